The molecule has 4 rings (SSSR count). The number of aromatic nitrogens is 1. The van der Waals surface area contributed by atoms with E-state index in [0.29, 0.717) is 13.1 Å². The zero-order chi connectivity index (χ0) is 19.5. The number of hydrogen-bond acceptors (Lipinski definition) is 4. The van der Waals surface area contributed by atoms with Crippen molar-refractivity contribution in [3.05, 3.63) is 59.4 Å². The topological polar surface area (TPSA) is 71.5 Å². The average molecular weight is 379 g/mol. The fourth-order valence-corrected chi connectivity index (χ4v) is 3.87. The first-order valence-electron chi connectivity index (χ1n) is 9.83. The Kier molecular flexibility index (Phi) is 5.28. The maximum absolute atomic E-state index is 12.7. The lowest BCUT2D eigenvalue weighted by Crippen LogP contribution is -2.34. The van der Waals surface area contributed by atoms with Crippen LogP contribution in [0.15, 0.2) is 42.7 Å². The van der Waals surface area contributed by atoms with Gasteiger partial charge in [0.2, 0.25) is 11.8 Å². The Balaban J connectivity index is 1.36. The van der Waals surface area contributed by atoms with E-state index in [9.17, 15) is 9.59 Å². The Morgan fingerprint density at radius 1 is 1.32 bits per heavy atom. The van der Waals surface area contributed by atoms with Crippen molar-refractivity contribution in [2.45, 2.75) is 38.8 Å². The van der Waals surface area contributed by atoms with E-state index in [4.69, 9.17) is 4.74 Å². The lowest BCUT2D eigenvalue weighted by atomic mass is 9.99. The number of aryl methyl sites for hydroxylation is 1. The van der Waals surface area contributed by atoms with Gasteiger partial charge in [0.1, 0.15) is 5.75 Å². The van der Waals surface area contributed by atoms with Gasteiger partial charge in [-0.05, 0) is 54.7 Å². The Hall–Kier alpha value is -2.89. The molecule has 0 saturated carbocycles. The Morgan fingerprint density at radius 3 is 2.96 bits per heavy atom. The largest absolute Gasteiger partial charge is 0.493 e. The van der Waals surface area contributed by atoms with E-state index in [1.54, 1.807) is 17.3 Å². The van der Waals surface area contributed by atoms with Gasteiger partial charge in [-0.15, -0.1) is 0 Å². The first-order valence-corrected chi connectivity index (χ1v) is 9.83. The number of pyridine rings is 1. The van der Waals surface area contributed by atoms with Gasteiger partial charge in [-0.2, -0.15) is 0 Å². The number of nitrogens with one attached hydrogen (secondary N) is 1. The van der Waals surface area contributed by atoms with Gasteiger partial charge >= 0.3 is 0 Å². The molecule has 1 saturated heterocycles. The third-order valence-electron chi connectivity index (χ3n) is 5.50. The number of fused-ring (bicyclic) bond motifs is 1. The highest BCUT2D eigenvalue weighted by atomic mass is 16.5. The van der Waals surface area contributed by atoms with Gasteiger partial charge < -0.3 is 15.0 Å². The van der Waals surface area contributed by atoms with Gasteiger partial charge in [0, 0.05) is 31.9 Å². The summed E-state index contributed by atoms with van der Waals surface area (Å²) in [6, 6.07) is 9.79. The zero-order valence-electron chi connectivity index (χ0n) is 16.1. The van der Waals surface area contributed by atoms with Crippen LogP contribution in [-0.2, 0) is 22.6 Å². The molecule has 0 unspecified atom stereocenters. The molecule has 146 valence electrons. The van der Waals surface area contributed by atoms with E-state index in [2.05, 4.69) is 16.4 Å². The van der Waals surface area contributed by atoms with Gasteiger partial charge in [-0.3, -0.25) is 14.6 Å². The SMILES string of the molecule is C[C@@H](NC(=O)[C@H]1CC(=O)N(Cc2ccncc2)C1)c1ccc2c(c1)CCCO2. The molecule has 2 aliphatic rings. The number of likely N-dealkylation sites (tertiary alicyclic amines) is 1. The molecule has 1 fully saturated rings. The summed E-state index contributed by atoms with van der Waals surface area (Å²) in [6.45, 7) is 3.72. The molecule has 1 aromatic heterocycles. The van der Waals surface area contributed by atoms with Gasteiger partial charge in [0.05, 0.1) is 18.6 Å². The number of carbonyl (C=O) groups excluding carboxylic acids is 2. The van der Waals surface area contributed by atoms with Gasteiger partial charge in [-0.25, -0.2) is 0 Å². The molecule has 6 heteroatoms. The molecule has 6 nitrogen and oxygen atoms in total. The van der Waals surface area contributed by atoms with Gasteiger partial charge in [0.15, 0.2) is 0 Å². The van der Waals surface area contributed by atoms with Crippen LogP contribution in [0.4, 0.5) is 0 Å². The molecule has 0 bridgehead atoms. The van der Waals surface area contributed by atoms with E-state index < -0.39 is 0 Å². The third kappa shape index (κ3) is 4.01. The quantitative estimate of drug-likeness (QED) is 0.867. The molecule has 2 aliphatic heterocycles. The number of benzene rings is 1. The molecule has 2 aromatic rings. The predicted octanol–water partition coefficient (Wildman–Crippen LogP) is 2.63. The Labute approximate surface area is 164 Å². The van der Waals surface area contributed by atoms with E-state index in [-0.39, 0.29) is 30.2 Å². The van der Waals surface area contributed by atoms with Gasteiger partial charge in [0.25, 0.3) is 0 Å². The normalized spacial score (nSPS) is 19.7. The van der Waals surface area contributed by atoms with E-state index in [0.717, 1.165) is 36.3 Å². The third-order valence-corrected chi connectivity index (χ3v) is 5.50. The lowest BCUT2D eigenvalue weighted by Gasteiger charge is -2.21. The second kappa shape index (κ2) is 8.00. The van der Waals surface area contributed by atoms with Crippen molar-refractivity contribution >= 4 is 11.8 Å². The summed E-state index contributed by atoms with van der Waals surface area (Å²) in [5.74, 6) is 0.599. The van der Waals surface area contributed by atoms with Crippen molar-refractivity contribution in [1.82, 2.24) is 15.2 Å². The second-order valence-electron chi connectivity index (χ2n) is 7.58. The smallest absolute Gasteiger partial charge is 0.225 e. The van der Waals surface area contributed by atoms with E-state index >= 15 is 0 Å². The molecule has 1 N–H and O–H groups in total. The Bertz CT molecular complexity index is 869. The van der Waals surface area contributed by atoms with E-state index in [1.165, 1.54) is 5.56 Å². The lowest BCUT2D eigenvalue weighted by molar-refractivity contribution is -0.129. The summed E-state index contributed by atoms with van der Waals surface area (Å²) in [6.07, 6.45) is 5.72. The van der Waals surface area contributed by atoms with Crippen molar-refractivity contribution in [2.75, 3.05) is 13.2 Å². The predicted molar refractivity (Wildman–Crippen MR) is 105 cm³/mol. The standard InChI is InChI=1S/C22H25N3O3/c1-15(17-4-5-20-18(11-17)3-2-10-28-20)24-22(27)19-12-21(26)25(14-19)13-16-6-8-23-9-7-16/h4-9,11,15,19H,2-3,10,12-14H2,1H3,(H,24,27)/t15-,19+/m1/s1. The molecule has 28 heavy (non-hydrogen) atoms. The van der Waals surface area contributed by atoms with Crippen LogP contribution in [0, 0.1) is 5.92 Å². The first-order chi connectivity index (χ1) is 13.6. The maximum Gasteiger partial charge on any atom is 0.225 e. The molecule has 1 aromatic carbocycles. The van der Waals surface area contributed by atoms with E-state index in [1.807, 2.05) is 31.2 Å². The summed E-state index contributed by atoms with van der Waals surface area (Å²) in [4.78, 5) is 30.8. The van der Waals surface area contributed by atoms with Gasteiger partial charge in [-0.1, -0.05) is 12.1 Å². The molecule has 0 radical (unpaired) electrons. The minimum Gasteiger partial charge on any atom is -0.493 e. The van der Waals surface area contributed by atoms with Crippen molar-refractivity contribution in [3.63, 3.8) is 0 Å². The van der Waals surface area contributed by atoms with Crippen LogP contribution in [0.3, 0.4) is 0 Å². The summed E-state index contributed by atoms with van der Waals surface area (Å²) >= 11 is 0. The van der Waals surface area contributed by atoms with Crippen molar-refractivity contribution < 1.29 is 14.3 Å². The highest BCUT2D eigenvalue weighted by molar-refractivity contribution is 5.89. The number of carbonyl (C=O) groups is 2. The molecule has 0 spiro atoms. The van der Waals surface area contributed by atoms with Crippen molar-refractivity contribution in [3.8, 4) is 5.75 Å². The van der Waals surface area contributed by atoms with Crippen molar-refractivity contribution in [2.24, 2.45) is 5.92 Å². The highest BCUT2D eigenvalue weighted by Crippen LogP contribution is 2.28. The number of amides is 2. The van der Waals surface area contributed by atoms with Crippen LogP contribution in [0.1, 0.15) is 42.5 Å². The fraction of sp³-hybridized carbons (Fsp3) is 0.409. The van der Waals surface area contributed by atoms with Crippen LogP contribution in [0.25, 0.3) is 0 Å². The minimum absolute atomic E-state index is 0.0237. The first kappa shape index (κ1) is 18.5. The maximum atomic E-state index is 12.7. The fourth-order valence-electron chi connectivity index (χ4n) is 3.87. The number of hydrogen-bond donors (Lipinski definition) is 1. The monoisotopic (exact) mass is 379 g/mol. The van der Waals surface area contributed by atoms with Crippen molar-refractivity contribution in [1.29, 1.82) is 0 Å². The zero-order valence-corrected chi connectivity index (χ0v) is 16.1. The molecule has 2 atom stereocenters. The minimum atomic E-state index is -0.308. The summed E-state index contributed by atoms with van der Waals surface area (Å²) in [5, 5.41) is 3.08. The molecular weight excluding hydrogens is 354 g/mol. The summed E-state index contributed by atoms with van der Waals surface area (Å²) < 4.78 is 5.66. The molecular formula is C22H25N3O3. The summed E-state index contributed by atoms with van der Waals surface area (Å²) in [5.41, 5.74) is 3.29. The average Bonchev–Trinajstić information content (AvgIpc) is 3.09. The number of nitrogens with zero attached hydrogens (tertiary/aromatic N) is 2. The van der Waals surface area contributed by atoms with Crippen LogP contribution in [-0.4, -0.2) is 34.8 Å². The molecule has 2 amide bonds. The second-order valence-corrected chi connectivity index (χ2v) is 7.58. The molecule has 3 heterocycles. The number of rotatable bonds is 5. The summed E-state index contributed by atoms with van der Waals surface area (Å²) in [7, 11) is 0. The Morgan fingerprint density at radius 2 is 2.14 bits per heavy atom. The van der Waals surface area contributed by atoms with Crippen LogP contribution < -0.4 is 10.1 Å². The number of ether oxygens (including phenoxy) is 1. The molecule has 0 aliphatic carbocycles. The van der Waals surface area contributed by atoms with Crippen LogP contribution in [0.2, 0.25) is 0 Å². The van der Waals surface area contributed by atoms with Crippen LogP contribution in [0.5, 0.6) is 5.75 Å². The highest BCUT2D eigenvalue weighted by Gasteiger charge is 2.34. The van der Waals surface area contributed by atoms with Crippen LogP contribution >= 0.6 is 0 Å².